The average molecular weight is 731 g/mol. The third kappa shape index (κ3) is 9.78. The highest BCUT2D eigenvalue weighted by atomic mass is 32.3. The van der Waals surface area contributed by atoms with Crippen LogP contribution in [0.25, 0.3) is 0 Å². The highest BCUT2D eigenvalue weighted by Crippen LogP contribution is 2.69. The predicted molar refractivity (Wildman–Crippen MR) is 205 cm³/mol. The Kier molecular flexibility index (Phi) is 14.1. The van der Waals surface area contributed by atoms with Gasteiger partial charge in [-0.25, -0.2) is 8.98 Å². The Morgan fingerprint density at radius 3 is 2.31 bits per heavy atom. The molecule has 0 aliphatic heterocycles. The van der Waals surface area contributed by atoms with E-state index < -0.39 is 16.5 Å². The number of benzene rings is 1. The number of hydrogen-bond acceptors (Lipinski definition) is 7. The second kappa shape index (κ2) is 17.7. The van der Waals surface area contributed by atoms with Gasteiger partial charge in [0.2, 0.25) is 0 Å². The first kappa shape index (κ1) is 40.7. The molecule has 0 aromatic heterocycles. The molecule has 5 unspecified atom stereocenters. The summed E-state index contributed by atoms with van der Waals surface area (Å²) in [7, 11) is -4.49. The second-order valence-corrected chi connectivity index (χ2v) is 18.9. The SMILES string of the molecule is CCCCCNCCCN[C@H]1CC[C@]2(C)C3CC[C@@]4(C)C(CCC4[C@H](C)CC[C@@H](OS(=O)(=O)O)C(C)C)C3C(OC(=O)c3ccccc3)C[C@H]2C1. The van der Waals surface area contributed by atoms with E-state index in [1.54, 1.807) is 0 Å². The van der Waals surface area contributed by atoms with E-state index >= 15 is 0 Å². The topological polar surface area (TPSA) is 114 Å². The third-order valence-corrected chi connectivity index (χ3v) is 15.0. The number of carbonyl (C=O) groups is 1. The number of ether oxygens (including phenoxy) is 1. The number of fused-ring (bicyclic) bond motifs is 5. The molecule has 4 aliphatic rings. The van der Waals surface area contributed by atoms with E-state index in [1.807, 2.05) is 44.2 Å². The lowest BCUT2D eigenvalue weighted by Crippen LogP contribution is -2.60. The Morgan fingerprint density at radius 2 is 1.61 bits per heavy atom. The molecule has 0 radical (unpaired) electrons. The van der Waals surface area contributed by atoms with Crippen LogP contribution < -0.4 is 10.6 Å². The molecule has 0 spiro atoms. The number of unbranched alkanes of at least 4 members (excludes halogenated alkanes) is 2. The van der Waals surface area contributed by atoms with Gasteiger partial charge < -0.3 is 15.4 Å². The Morgan fingerprint density at radius 1 is 0.902 bits per heavy atom. The first-order valence-corrected chi connectivity index (χ1v) is 22.0. The largest absolute Gasteiger partial charge is 0.458 e. The van der Waals surface area contributed by atoms with Gasteiger partial charge in [0, 0.05) is 12.0 Å². The lowest BCUT2D eigenvalue weighted by atomic mass is 9.43. The molecular weight excluding hydrogens is 661 g/mol. The molecule has 8 nitrogen and oxygen atoms in total. The summed E-state index contributed by atoms with van der Waals surface area (Å²) in [6.45, 7) is 16.8. The minimum atomic E-state index is -4.49. The molecule has 3 N–H and O–H groups in total. The molecule has 0 heterocycles. The van der Waals surface area contributed by atoms with Crippen LogP contribution in [0.3, 0.4) is 0 Å². The number of esters is 1. The fraction of sp³-hybridized carbons (Fsp3) is 0.833. The van der Waals surface area contributed by atoms with Crippen molar-refractivity contribution in [3.05, 3.63) is 35.9 Å². The van der Waals surface area contributed by atoms with Gasteiger partial charge in [0.05, 0.1) is 11.7 Å². The molecule has 4 fully saturated rings. The highest BCUT2D eigenvalue weighted by Gasteiger charge is 2.63. The number of rotatable bonds is 18. The summed E-state index contributed by atoms with van der Waals surface area (Å²) in [5.41, 5.74) is 1.03. The van der Waals surface area contributed by atoms with Crippen molar-refractivity contribution in [1.29, 1.82) is 0 Å². The van der Waals surface area contributed by atoms with E-state index in [2.05, 4.69) is 38.3 Å². The molecule has 0 saturated heterocycles. The Balaban J connectivity index is 1.29. The van der Waals surface area contributed by atoms with Crippen LogP contribution in [0.4, 0.5) is 0 Å². The summed E-state index contributed by atoms with van der Waals surface area (Å²) in [5.74, 6) is 2.62. The predicted octanol–water partition coefficient (Wildman–Crippen LogP) is 8.87. The van der Waals surface area contributed by atoms with Crippen molar-refractivity contribution in [1.82, 2.24) is 10.6 Å². The van der Waals surface area contributed by atoms with Crippen molar-refractivity contribution < 1.29 is 26.7 Å². The fourth-order valence-electron chi connectivity index (χ4n) is 11.7. The second-order valence-electron chi connectivity index (χ2n) is 17.9. The normalized spacial score (nSPS) is 34.7. The standard InChI is InChI=1S/C42H70N2O6S/c1-7-8-12-24-43-25-13-26-44-33-20-22-41(5)32(27-33)28-38(49-40(45)31-14-10-9-11-15-31)39-35-18-17-34(42(35,6)23-21-36(39)41)30(4)16-19-37(29(2)3)50-51(46,47)48/h9-11,14-15,29-30,32-39,43-44H,7-8,12-13,16-28H2,1-6H3,(H,46,47,48)/t30-,32-,33+,34?,35?,36?,37-,38?,39?,41+,42-/m1/s1. The van der Waals surface area contributed by atoms with Gasteiger partial charge in [-0.3, -0.25) is 4.55 Å². The van der Waals surface area contributed by atoms with E-state index in [0.717, 1.165) is 58.2 Å². The van der Waals surface area contributed by atoms with Crippen LogP contribution in [0, 0.1) is 52.3 Å². The van der Waals surface area contributed by atoms with Crippen molar-refractivity contribution in [2.24, 2.45) is 52.3 Å². The van der Waals surface area contributed by atoms with Gasteiger partial charge >= 0.3 is 16.4 Å². The summed E-state index contributed by atoms with van der Waals surface area (Å²) >= 11 is 0. The van der Waals surface area contributed by atoms with Crippen LogP contribution in [0.15, 0.2) is 30.3 Å². The lowest BCUT2D eigenvalue weighted by Gasteiger charge is -2.63. The summed E-state index contributed by atoms with van der Waals surface area (Å²) < 4.78 is 44.3. The quantitative estimate of drug-likeness (QED) is 0.0780. The van der Waals surface area contributed by atoms with Crippen molar-refractivity contribution >= 4 is 16.4 Å². The molecule has 4 aliphatic carbocycles. The molecule has 11 atom stereocenters. The van der Waals surface area contributed by atoms with Crippen molar-refractivity contribution in [2.45, 2.75) is 150 Å². The molecule has 0 amide bonds. The lowest BCUT2D eigenvalue weighted by molar-refractivity contribution is -0.168. The monoisotopic (exact) mass is 730 g/mol. The van der Waals surface area contributed by atoms with E-state index in [1.165, 1.54) is 44.9 Å². The van der Waals surface area contributed by atoms with Crippen LogP contribution in [0.2, 0.25) is 0 Å². The number of carbonyl (C=O) groups excluding carboxylic acids is 1. The molecule has 1 aromatic carbocycles. The van der Waals surface area contributed by atoms with Gasteiger partial charge in [-0.05, 0) is 155 Å². The van der Waals surface area contributed by atoms with Crippen molar-refractivity contribution in [3.63, 3.8) is 0 Å². The maximum atomic E-state index is 13.7. The zero-order valence-corrected chi connectivity index (χ0v) is 33.4. The molecule has 4 saturated carbocycles. The summed E-state index contributed by atoms with van der Waals surface area (Å²) in [6, 6.07) is 10.1. The van der Waals surface area contributed by atoms with Crippen molar-refractivity contribution in [3.8, 4) is 0 Å². The summed E-state index contributed by atoms with van der Waals surface area (Å²) in [4.78, 5) is 13.7. The molecule has 51 heavy (non-hydrogen) atoms. The highest BCUT2D eigenvalue weighted by molar-refractivity contribution is 7.80. The summed E-state index contributed by atoms with van der Waals surface area (Å²) in [5, 5.41) is 7.53. The van der Waals surface area contributed by atoms with E-state index in [9.17, 15) is 17.8 Å². The Hall–Kier alpha value is -1.52. The molecule has 9 heteroatoms. The smallest absolute Gasteiger partial charge is 0.397 e. The van der Waals surface area contributed by atoms with Crippen LogP contribution in [0.1, 0.15) is 142 Å². The molecular formula is C42H70N2O6S. The Bertz CT molecular complexity index is 1360. The summed E-state index contributed by atoms with van der Waals surface area (Å²) in [6.07, 6.45) is 15.0. The molecule has 290 valence electrons. The average Bonchev–Trinajstić information content (AvgIpc) is 3.45. The molecule has 5 rings (SSSR count). The van der Waals surface area contributed by atoms with Gasteiger partial charge in [0.15, 0.2) is 0 Å². The number of nitrogens with one attached hydrogen (secondary N) is 2. The molecule has 1 aromatic rings. The van der Waals surface area contributed by atoms with E-state index in [0.29, 0.717) is 53.5 Å². The van der Waals surface area contributed by atoms with Gasteiger partial charge in [-0.2, -0.15) is 8.42 Å². The Labute approximate surface area is 310 Å². The van der Waals surface area contributed by atoms with Crippen LogP contribution in [0.5, 0.6) is 0 Å². The first-order chi connectivity index (χ1) is 24.3. The zero-order chi connectivity index (χ0) is 36.8. The maximum absolute atomic E-state index is 13.7. The van der Waals surface area contributed by atoms with E-state index in [-0.39, 0.29) is 28.8 Å². The molecule has 0 bridgehead atoms. The number of hydrogen-bond donors (Lipinski definition) is 3. The van der Waals surface area contributed by atoms with Gasteiger partial charge in [0.1, 0.15) is 6.10 Å². The van der Waals surface area contributed by atoms with Gasteiger partial charge in [0.25, 0.3) is 0 Å². The van der Waals surface area contributed by atoms with Crippen LogP contribution in [-0.2, 0) is 19.3 Å². The fourth-order valence-corrected chi connectivity index (χ4v) is 12.3. The third-order valence-electron chi connectivity index (χ3n) is 14.5. The minimum absolute atomic E-state index is 0.0138. The van der Waals surface area contributed by atoms with E-state index in [4.69, 9.17) is 8.92 Å². The van der Waals surface area contributed by atoms with Crippen LogP contribution in [-0.4, -0.2) is 56.8 Å². The maximum Gasteiger partial charge on any atom is 0.397 e. The van der Waals surface area contributed by atoms with Gasteiger partial charge in [-0.15, -0.1) is 0 Å². The van der Waals surface area contributed by atoms with Crippen molar-refractivity contribution in [2.75, 3.05) is 19.6 Å². The van der Waals surface area contributed by atoms with Crippen LogP contribution >= 0.6 is 0 Å². The minimum Gasteiger partial charge on any atom is -0.458 e. The van der Waals surface area contributed by atoms with Gasteiger partial charge in [-0.1, -0.05) is 72.6 Å². The zero-order valence-electron chi connectivity index (χ0n) is 32.6. The first-order valence-electron chi connectivity index (χ1n) is 20.6.